The zero-order chi connectivity index (χ0) is 19.7. The van der Waals surface area contributed by atoms with Crippen molar-refractivity contribution in [3.8, 4) is 0 Å². The van der Waals surface area contributed by atoms with Crippen LogP contribution in [0.25, 0.3) is 0 Å². The minimum atomic E-state index is -0.917. The van der Waals surface area contributed by atoms with Crippen LogP contribution in [0.1, 0.15) is 60.8 Å². The highest BCUT2D eigenvalue weighted by atomic mass is 16.4. The summed E-state index contributed by atoms with van der Waals surface area (Å²) in [5.41, 5.74) is 5.46. The van der Waals surface area contributed by atoms with Crippen LogP contribution in [-0.4, -0.2) is 23.3 Å². The van der Waals surface area contributed by atoms with Crippen LogP contribution >= 0.6 is 0 Å². The zero-order valence-electron chi connectivity index (χ0n) is 17.0. The molecule has 0 amide bonds. The van der Waals surface area contributed by atoms with Gasteiger partial charge in [-0.15, -0.1) is 0 Å². The van der Waals surface area contributed by atoms with E-state index in [1.54, 1.807) is 13.1 Å². The Kier molecular flexibility index (Phi) is 8.50. The van der Waals surface area contributed by atoms with E-state index in [1.165, 1.54) is 36.0 Å². The highest BCUT2D eigenvalue weighted by molar-refractivity contribution is 5.79. The predicted octanol–water partition coefficient (Wildman–Crippen LogP) is 6.06. The molecule has 1 atom stereocenters. The first-order chi connectivity index (χ1) is 12.1. The molecular formula is C23H33NO2. The largest absolute Gasteiger partial charge is 0.480 e. The van der Waals surface area contributed by atoms with Crippen molar-refractivity contribution < 1.29 is 9.90 Å². The highest BCUT2D eigenvalue weighted by Crippen LogP contribution is 2.40. The molecule has 0 radical (unpaired) electrons. The van der Waals surface area contributed by atoms with Crippen molar-refractivity contribution in [1.29, 1.82) is 0 Å². The smallest absolute Gasteiger partial charge is 0.328 e. The minimum absolute atomic E-state index is 0.265. The molecule has 0 spiro atoms. The van der Waals surface area contributed by atoms with Gasteiger partial charge in [-0.1, -0.05) is 55.4 Å². The number of hydrogen-bond donors (Lipinski definition) is 1. The van der Waals surface area contributed by atoms with Crippen LogP contribution in [0.5, 0.6) is 0 Å². The molecule has 1 aliphatic rings. The van der Waals surface area contributed by atoms with Gasteiger partial charge in [0, 0.05) is 6.21 Å². The average molecular weight is 356 g/mol. The number of allylic oxidation sites excluding steroid dienone is 10. The second-order valence-electron chi connectivity index (χ2n) is 7.76. The molecule has 0 heterocycles. The standard InChI is InChI=1S/C23H33NO2/c1-17(12-13-21-19(3)11-8-15-23(21,5)6)9-7-10-18(2)14-16-24-20(4)22(25)26/h7,9-10,12-14,16,20H,8,11,15H2,1-6H3,(H,25,26)/t20-/m0/s1. The molecule has 142 valence electrons. The summed E-state index contributed by atoms with van der Waals surface area (Å²) in [6.07, 6.45) is 17.6. The van der Waals surface area contributed by atoms with Gasteiger partial charge in [-0.25, -0.2) is 4.79 Å². The Hall–Kier alpha value is -2.16. The molecule has 3 nitrogen and oxygen atoms in total. The predicted molar refractivity (Wildman–Crippen MR) is 112 cm³/mol. The third-order valence-corrected chi connectivity index (χ3v) is 4.78. The first-order valence-electron chi connectivity index (χ1n) is 9.29. The SMILES string of the molecule is CC(C=CC1=C(C)CCCC1(C)C)=CC=CC(C)=CC=N[C@@H](C)C(=O)O. The lowest BCUT2D eigenvalue weighted by atomic mass is 9.72. The lowest BCUT2D eigenvalue weighted by Crippen LogP contribution is -2.19. The van der Waals surface area contributed by atoms with Crippen molar-refractivity contribution in [2.24, 2.45) is 10.4 Å². The van der Waals surface area contributed by atoms with Gasteiger partial charge in [0.2, 0.25) is 0 Å². The molecule has 0 saturated carbocycles. The topological polar surface area (TPSA) is 49.7 Å². The van der Waals surface area contributed by atoms with Gasteiger partial charge < -0.3 is 5.11 Å². The summed E-state index contributed by atoms with van der Waals surface area (Å²) < 4.78 is 0. The van der Waals surface area contributed by atoms with Gasteiger partial charge in [0.25, 0.3) is 0 Å². The van der Waals surface area contributed by atoms with E-state index in [1.807, 2.05) is 25.2 Å². The monoisotopic (exact) mass is 355 g/mol. The Morgan fingerprint density at radius 3 is 2.46 bits per heavy atom. The summed E-state index contributed by atoms with van der Waals surface area (Å²) in [5.74, 6) is -0.917. The van der Waals surface area contributed by atoms with Crippen molar-refractivity contribution in [1.82, 2.24) is 0 Å². The molecule has 0 unspecified atom stereocenters. The molecule has 0 aromatic carbocycles. The number of carboxylic acid groups (broad SMARTS) is 1. The van der Waals surface area contributed by atoms with Gasteiger partial charge in [-0.2, -0.15) is 0 Å². The van der Waals surface area contributed by atoms with E-state index in [0.717, 1.165) is 5.57 Å². The summed E-state index contributed by atoms with van der Waals surface area (Å²) >= 11 is 0. The van der Waals surface area contributed by atoms with Crippen LogP contribution in [0.3, 0.4) is 0 Å². The summed E-state index contributed by atoms with van der Waals surface area (Å²) in [5, 5.41) is 8.78. The van der Waals surface area contributed by atoms with Gasteiger partial charge in [-0.05, 0) is 69.6 Å². The molecular weight excluding hydrogens is 322 g/mol. The summed E-state index contributed by atoms with van der Waals surface area (Å²) in [7, 11) is 0. The van der Waals surface area contributed by atoms with Crippen molar-refractivity contribution >= 4 is 12.2 Å². The summed E-state index contributed by atoms with van der Waals surface area (Å²) in [6.45, 7) is 12.5. The fraction of sp³-hybridized carbons (Fsp3) is 0.478. The van der Waals surface area contributed by atoms with E-state index in [9.17, 15) is 4.79 Å². The quantitative estimate of drug-likeness (QED) is 0.445. The number of nitrogens with zero attached hydrogens (tertiary/aromatic N) is 1. The van der Waals surface area contributed by atoms with E-state index in [4.69, 9.17) is 5.11 Å². The molecule has 1 rings (SSSR count). The number of hydrogen-bond acceptors (Lipinski definition) is 2. The Morgan fingerprint density at radius 1 is 1.19 bits per heavy atom. The highest BCUT2D eigenvalue weighted by Gasteiger charge is 2.26. The van der Waals surface area contributed by atoms with Crippen LogP contribution < -0.4 is 0 Å². The van der Waals surface area contributed by atoms with E-state index < -0.39 is 12.0 Å². The van der Waals surface area contributed by atoms with Gasteiger partial charge in [-0.3, -0.25) is 4.99 Å². The van der Waals surface area contributed by atoms with Gasteiger partial charge in [0.15, 0.2) is 0 Å². The Balaban J connectivity index is 2.70. The van der Waals surface area contributed by atoms with Crippen LogP contribution in [0, 0.1) is 5.41 Å². The molecule has 1 N–H and O–H groups in total. The molecule has 0 aromatic rings. The second-order valence-corrected chi connectivity index (χ2v) is 7.76. The fourth-order valence-corrected chi connectivity index (χ4v) is 3.04. The maximum absolute atomic E-state index is 10.7. The van der Waals surface area contributed by atoms with Crippen molar-refractivity contribution in [3.63, 3.8) is 0 Å². The molecule has 26 heavy (non-hydrogen) atoms. The first kappa shape index (κ1) is 21.9. The second kappa shape index (κ2) is 10.1. The number of carboxylic acids is 1. The first-order valence-corrected chi connectivity index (χ1v) is 9.29. The van der Waals surface area contributed by atoms with Gasteiger partial charge >= 0.3 is 5.97 Å². The molecule has 0 aromatic heterocycles. The maximum Gasteiger partial charge on any atom is 0.328 e. The lowest BCUT2D eigenvalue weighted by Gasteiger charge is -2.32. The fourth-order valence-electron chi connectivity index (χ4n) is 3.04. The molecule has 0 saturated heterocycles. The normalized spacial score (nSPS) is 20.5. The molecule has 1 aliphatic carbocycles. The molecule has 0 bridgehead atoms. The van der Waals surface area contributed by atoms with Crippen molar-refractivity contribution in [2.75, 3.05) is 0 Å². The van der Waals surface area contributed by atoms with Gasteiger partial charge in [0.05, 0.1) is 0 Å². The van der Waals surface area contributed by atoms with Crippen molar-refractivity contribution in [3.05, 3.63) is 58.7 Å². The average Bonchev–Trinajstić information content (AvgIpc) is 2.53. The number of carbonyl (C=O) groups is 1. The third-order valence-electron chi connectivity index (χ3n) is 4.78. The Labute approximate surface area is 158 Å². The maximum atomic E-state index is 10.7. The van der Waals surface area contributed by atoms with Crippen LogP contribution in [0.15, 0.2) is 63.7 Å². The van der Waals surface area contributed by atoms with E-state index >= 15 is 0 Å². The molecule has 3 heteroatoms. The zero-order valence-corrected chi connectivity index (χ0v) is 17.0. The number of aliphatic carboxylic acids is 1. The summed E-state index contributed by atoms with van der Waals surface area (Å²) in [6, 6.07) is -0.711. The van der Waals surface area contributed by atoms with Crippen molar-refractivity contribution in [2.45, 2.75) is 66.8 Å². The minimum Gasteiger partial charge on any atom is -0.480 e. The van der Waals surface area contributed by atoms with E-state index in [2.05, 4.69) is 50.9 Å². The third kappa shape index (κ3) is 7.38. The van der Waals surface area contributed by atoms with Crippen LogP contribution in [0.2, 0.25) is 0 Å². The Morgan fingerprint density at radius 2 is 1.85 bits per heavy atom. The summed E-state index contributed by atoms with van der Waals surface area (Å²) in [4.78, 5) is 14.6. The van der Waals surface area contributed by atoms with Gasteiger partial charge in [0.1, 0.15) is 6.04 Å². The number of aliphatic imine (C=N–C) groups is 1. The van der Waals surface area contributed by atoms with Crippen LogP contribution in [-0.2, 0) is 4.79 Å². The van der Waals surface area contributed by atoms with E-state index in [0.29, 0.717) is 0 Å². The van der Waals surface area contributed by atoms with Crippen LogP contribution in [0.4, 0.5) is 0 Å². The molecule has 0 fully saturated rings. The Bertz CT molecular complexity index is 685. The number of rotatable bonds is 7. The van der Waals surface area contributed by atoms with E-state index in [-0.39, 0.29) is 5.41 Å². The lowest BCUT2D eigenvalue weighted by molar-refractivity contribution is -0.137. The molecule has 0 aliphatic heterocycles.